The molecule has 1 aliphatic rings. The Bertz CT molecular complexity index is 334. The van der Waals surface area contributed by atoms with E-state index in [2.05, 4.69) is 36.3 Å². The van der Waals surface area contributed by atoms with Gasteiger partial charge < -0.3 is 10.1 Å². The van der Waals surface area contributed by atoms with Crippen molar-refractivity contribution in [1.29, 1.82) is 0 Å². The number of ether oxygens (including phenoxy) is 1. The fourth-order valence-electron chi connectivity index (χ4n) is 3.16. The Balaban J connectivity index is 1.91. The van der Waals surface area contributed by atoms with Crippen molar-refractivity contribution in [2.45, 2.75) is 39.5 Å². The van der Waals surface area contributed by atoms with Gasteiger partial charge in [-0.05, 0) is 12.0 Å². The first-order valence-electron chi connectivity index (χ1n) is 5.81. The number of hydrogen-bond acceptors (Lipinski definition) is 3. The molecule has 1 fully saturated rings. The average molecular weight is 223 g/mol. The standard InChI is InChI=1S/C12H21N3O/c1-8-10(12(2,3)11(8)16-4)13-7-9-5-6-14-15-9/h5-6,8,10-11,13H,7H2,1-4H3,(H,14,15)/t8-,10-,11-/m1/s1. The summed E-state index contributed by atoms with van der Waals surface area (Å²) in [4.78, 5) is 0. The van der Waals surface area contributed by atoms with Gasteiger partial charge in [-0.15, -0.1) is 0 Å². The fraction of sp³-hybridized carbons (Fsp3) is 0.750. The van der Waals surface area contributed by atoms with Crippen molar-refractivity contribution in [2.75, 3.05) is 7.11 Å². The van der Waals surface area contributed by atoms with Gasteiger partial charge in [-0.1, -0.05) is 20.8 Å². The van der Waals surface area contributed by atoms with Crippen molar-refractivity contribution in [3.63, 3.8) is 0 Å². The van der Waals surface area contributed by atoms with Crippen LogP contribution in [0.3, 0.4) is 0 Å². The van der Waals surface area contributed by atoms with Crippen molar-refractivity contribution in [2.24, 2.45) is 11.3 Å². The topological polar surface area (TPSA) is 49.9 Å². The minimum absolute atomic E-state index is 0.203. The highest BCUT2D eigenvalue weighted by Gasteiger charge is 2.54. The molecule has 2 rings (SSSR count). The van der Waals surface area contributed by atoms with E-state index in [4.69, 9.17) is 4.74 Å². The van der Waals surface area contributed by atoms with E-state index in [1.807, 2.05) is 6.07 Å². The Morgan fingerprint density at radius 3 is 2.81 bits per heavy atom. The van der Waals surface area contributed by atoms with Crippen LogP contribution in [0.25, 0.3) is 0 Å². The minimum atomic E-state index is 0.203. The van der Waals surface area contributed by atoms with Gasteiger partial charge in [0.1, 0.15) is 0 Å². The van der Waals surface area contributed by atoms with Gasteiger partial charge >= 0.3 is 0 Å². The Labute approximate surface area is 96.8 Å². The summed E-state index contributed by atoms with van der Waals surface area (Å²) in [5.74, 6) is 0.558. The number of H-pyrrole nitrogens is 1. The van der Waals surface area contributed by atoms with E-state index in [1.165, 1.54) is 0 Å². The van der Waals surface area contributed by atoms with Crippen LogP contribution in [0.15, 0.2) is 12.3 Å². The van der Waals surface area contributed by atoms with Crippen molar-refractivity contribution < 1.29 is 4.74 Å². The molecular weight excluding hydrogens is 202 g/mol. The lowest BCUT2D eigenvalue weighted by atomic mass is 9.58. The highest BCUT2D eigenvalue weighted by Crippen LogP contribution is 2.46. The molecule has 1 aromatic rings. The molecule has 16 heavy (non-hydrogen) atoms. The molecule has 0 radical (unpaired) electrons. The highest BCUT2D eigenvalue weighted by atomic mass is 16.5. The van der Waals surface area contributed by atoms with Crippen molar-refractivity contribution in [1.82, 2.24) is 15.5 Å². The van der Waals surface area contributed by atoms with Crippen LogP contribution in [0.4, 0.5) is 0 Å². The summed E-state index contributed by atoms with van der Waals surface area (Å²) < 4.78 is 5.52. The number of methoxy groups -OCH3 is 1. The molecule has 0 amide bonds. The molecular formula is C12H21N3O. The molecule has 1 aliphatic carbocycles. The van der Waals surface area contributed by atoms with Crippen LogP contribution >= 0.6 is 0 Å². The van der Waals surface area contributed by atoms with Crippen LogP contribution < -0.4 is 5.32 Å². The lowest BCUT2D eigenvalue weighted by molar-refractivity contribution is -0.145. The van der Waals surface area contributed by atoms with Crippen LogP contribution in [0.5, 0.6) is 0 Å². The summed E-state index contributed by atoms with van der Waals surface area (Å²) >= 11 is 0. The number of nitrogens with zero attached hydrogens (tertiary/aromatic N) is 1. The molecule has 1 heterocycles. The zero-order valence-corrected chi connectivity index (χ0v) is 10.4. The van der Waals surface area contributed by atoms with Crippen LogP contribution in [-0.2, 0) is 11.3 Å². The third kappa shape index (κ3) is 1.76. The number of aromatic nitrogens is 2. The zero-order chi connectivity index (χ0) is 11.8. The lowest BCUT2D eigenvalue weighted by Crippen LogP contribution is -2.66. The maximum atomic E-state index is 5.52. The maximum absolute atomic E-state index is 5.52. The van der Waals surface area contributed by atoms with Gasteiger partial charge in [-0.2, -0.15) is 5.10 Å². The number of aromatic amines is 1. The first kappa shape index (κ1) is 11.6. The van der Waals surface area contributed by atoms with Crippen LogP contribution in [-0.4, -0.2) is 29.5 Å². The third-order valence-corrected chi connectivity index (χ3v) is 3.86. The average Bonchev–Trinajstić information content (AvgIpc) is 2.70. The second-order valence-electron chi connectivity index (χ2n) is 5.28. The molecule has 90 valence electrons. The van der Waals surface area contributed by atoms with Crippen LogP contribution in [0.1, 0.15) is 26.5 Å². The van der Waals surface area contributed by atoms with E-state index in [0.717, 1.165) is 12.2 Å². The minimum Gasteiger partial charge on any atom is -0.380 e. The first-order chi connectivity index (χ1) is 7.57. The van der Waals surface area contributed by atoms with Gasteiger partial charge in [0.2, 0.25) is 0 Å². The van der Waals surface area contributed by atoms with E-state index in [1.54, 1.807) is 13.3 Å². The second kappa shape index (κ2) is 4.18. The Kier molecular flexibility index (Phi) is 3.04. The SMILES string of the molecule is CO[C@@H]1[C@H](C)[C@@H](NCc2ccn[nH]2)C1(C)C. The lowest BCUT2D eigenvalue weighted by Gasteiger charge is -2.56. The molecule has 0 unspecified atom stereocenters. The van der Waals surface area contributed by atoms with E-state index >= 15 is 0 Å². The van der Waals surface area contributed by atoms with Gasteiger partial charge in [-0.3, -0.25) is 5.10 Å². The zero-order valence-electron chi connectivity index (χ0n) is 10.4. The Morgan fingerprint density at radius 1 is 1.56 bits per heavy atom. The molecule has 0 bridgehead atoms. The predicted octanol–water partition coefficient (Wildman–Crippen LogP) is 1.56. The van der Waals surface area contributed by atoms with Crippen molar-refractivity contribution >= 4 is 0 Å². The maximum Gasteiger partial charge on any atom is 0.0677 e. The van der Waals surface area contributed by atoms with E-state index in [9.17, 15) is 0 Å². The van der Waals surface area contributed by atoms with Crippen molar-refractivity contribution in [3.8, 4) is 0 Å². The monoisotopic (exact) mass is 223 g/mol. The molecule has 0 aromatic carbocycles. The molecule has 4 heteroatoms. The third-order valence-electron chi connectivity index (χ3n) is 3.86. The van der Waals surface area contributed by atoms with Gasteiger partial charge in [-0.25, -0.2) is 0 Å². The summed E-state index contributed by atoms with van der Waals surface area (Å²) in [5, 5.41) is 10.5. The highest BCUT2D eigenvalue weighted by molar-refractivity contribution is 5.08. The summed E-state index contributed by atoms with van der Waals surface area (Å²) in [7, 11) is 1.80. The molecule has 4 nitrogen and oxygen atoms in total. The number of hydrogen-bond donors (Lipinski definition) is 2. The Hall–Kier alpha value is -0.870. The summed E-state index contributed by atoms with van der Waals surface area (Å²) in [6.45, 7) is 7.59. The van der Waals surface area contributed by atoms with Gasteiger partial charge in [0, 0.05) is 37.0 Å². The molecule has 0 saturated heterocycles. The molecule has 0 spiro atoms. The van der Waals surface area contributed by atoms with E-state index < -0.39 is 0 Å². The molecule has 0 aliphatic heterocycles. The summed E-state index contributed by atoms with van der Waals surface area (Å²) in [6, 6.07) is 2.50. The second-order valence-corrected chi connectivity index (χ2v) is 5.28. The normalized spacial score (nSPS) is 32.4. The van der Waals surface area contributed by atoms with Gasteiger partial charge in [0.05, 0.1) is 6.10 Å². The first-order valence-corrected chi connectivity index (χ1v) is 5.81. The quantitative estimate of drug-likeness (QED) is 0.814. The smallest absolute Gasteiger partial charge is 0.0677 e. The predicted molar refractivity (Wildman–Crippen MR) is 63.0 cm³/mol. The summed E-state index contributed by atoms with van der Waals surface area (Å²) in [5.41, 5.74) is 1.33. The van der Waals surface area contributed by atoms with Crippen LogP contribution in [0, 0.1) is 11.3 Å². The van der Waals surface area contributed by atoms with Crippen LogP contribution in [0.2, 0.25) is 0 Å². The molecule has 1 saturated carbocycles. The molecule has 2 N–H and O–H groups in total. The number of nitrogens with one attached hydrogen (secondary N) is 2. The summed E-state index contributed by atoms with van der Waals surface area (Å²) in [6.07, 6.45) is 2.14. The van der Waals surface area contributed by atoms with Gasteiger partial charge in [0.15, 0.2) is 0 Å². The largest absolute Gasteiger partial charge is 0.380 e. The van der Waals surface area contributed by atoms with E-state index in [0.29, 0.717) is 18.1 Å². The van der Waals surface area contributed by atoms with Crippen molar-refractivity contribution in [3.05, 3.63) is 18.0 Å². The number of rotatable bonds is 4. The van der Waals surface area contributed by atoms with E-state index in [-0.39, 0.29) is 5.41 Å². The molecule has 3 atom stereocenters. The molecule has 1 aromatic heterocycles. The van der Waals surface area contributed by atoms with Gasteiger partial charge in [0.25, 0.3) is 0 Å². The Morgan fingerprint density at radius 2 is 2.31 bits per heavy atom. The fourth-order valence-corrected chi connectivity index (χ4v) is 3.16.